The molecular weight excluding hydrogens is 392 g/mol. The summed E-state index contributed by atoms with van der Waals surface area (Å²) < 4.78 is 1.86. The highest BCUT2D eigenvalue weighted by Crippen LogP contribution is 2.30. The maximum Gasteiger partial charge on any atom is 0.176 e. The first-order valence-electron chi connectivity index (χ1n) is 9.42. The summed E-state index contributed by atoms with van der Waals surface area (Å²) in [5.74, 6) is 0.994. The van der Waals surface area contributed by atoms with Crippen LogP contribution >= 0.6 is 22.9 Å². The normalized spacial score (nSPS) is 15.8. The fraction of sp³-hybridized carbons (Fsp3) is 0.350. The van der Waals surface area contributed by atoms with Gasteiger partial charge in [-0.15, -0.1) is 11.3 Å². The van der Waals surface area contributed by atoms with E-state index in [9.17, 15) is 0 Å². The molecule has 0 bridgehead atoms. The molecule has 0 saturated carbocycles. The van der Waals surface area contributed by atoms with E-state index < -0.39 is 0 Å². The van der Waals surface area contributed by atoms with Gasteiger partial charge in [0.25, 0.3) is 0 Å². The number of hydrogen-bond acceptors (Lipinski definition) is 6. The number of fused-ring (bicyclic) bond motifs is 3. The lowest BCUT2D eigenvalue weighted by atomic mass is 10.2. The minimum atomic E-state index is 0.629. The Bertz CT molecular complexity index is 1160. The fourth-order valence-electron chi connectivity index (χ4n) is 3.84. The Morgan fingerprint density at radius 2 is 1.86 bits per heavy atom. The number of thiazole rings is 1. The van der Waals surface area contributed by atoms with Crippen LogP contribution < -0.4 is 4.90 Å². The molecule has 0 N–H and O–H groups in total. The first-order valence-corrected chi connectivity index (χ1v) is 10.7. The molecule has 0 atom stereocenters. The van der Waals surface area contributed by atoms with Crippen LogP contribution in [0.25, 0.3) is 16.6 Å². The van der Waals surface area contributed by atoms with Gasteiger partial charge in [-0.1, -0.05) is 23.7 Å². The van der Waals surface area contributed by atoms with Crippen LogP contribution in [0.3, 0.4) is 0 Å². The summed E-state index contributed by atoms with van der Waals surface area (Å²) in [6.45, 7) is 8.74. The quantitative estimate of drug-likeness (QED) is 0.510. The van der Waals surface area contributed by atoms with E-state index in [1.807, 2.05) is 17.5 Å². The molecule has 3 aromatic heterocycles. The molecule has 1 aromatic carbocycles. The van der Waals surface area contributed by atoms with Gasteiger partial charge in [0.15, 0.2) is 5.65 Å². The monoisotopic (exact) mass is 412 g/mol. The van der Waals surface area contributed by atoms with Gasteiger partial charge in [0, 0.05) is 43.5 Å². The van der Waals surface area contributed by atoms with Gasteiger partial charge in [-0.25, -0.2) is 14.5 Å². The molecule has 0 aliphatic carbocycles. The largest absolute Gasteiger partial charge is 0.353 e. The van der Waals surface area contributed by atoms with E-state index in [0.29, 0.717) is 5.02 Å². The first-order chi connectivity index (χ1) is 13.6. The van der Waals surface area contributed by atoms with Crippen molar-refractivity contribution < 1.29 is 0 Å². The molecule has 4 heterocycles. The van der Waals surface area contributed by atoms with Crippen molar-refractivity contribution >= 4 is 45.3 Å². The van der Waals surface area contributed by atoms with E-state index in [2.05, 4.69) is 50.4 Å². The summed E-state index contributed by atoms with van der Waals surface area (Å²) in [4.78, 5) is 14.3. The Balaban J connectivity index is 1.45. The molecule has 8 heteroatoms. The second kappa shape index (κ2) is 6.99. The van der Waals surface area contributed by atoms with Crippen molar-refractivity contribution in [1.82, 2.24) is 24.5 Å². The van der Waals surface area contributed by atoms with Crippen molar-refractivity contribution in [2.24, 2.45) is 0 Å². The molecular formula is C20H21ClN6S. The molecule has 0 amide bonds. The average molecular weight is 413 g/mol. The Labute approximate surface area is 172 Å². The third-order valence-electron chi connectivity index (χ3n) is 5.27. The van der Waals surface area contributed by atoms with Crippen molar-refractivity contribution in [3.05, 3.63) is 51.1 Å². The summed E-state index contributed by atoms with van der Waals surface area (Å²) in [6, 6.07) is 8.28. The van der Waals surface area contributed by atoms with Crippen LogP contribution in [0.1, 0.15) is 16.4 Å². The lowest BCUT2D eigenvalue weighted by Crippen LogP contribution is -2.46. The molecule has 1 aliphatic heterocycles. The van der Waals surface area contributed by atoms with E-state index in [4.69, 9.17) is 16.6 Å². The molecule has 6 nitrogen and oxygen atoms in total. The van der Waals surface area contributed by atoms with Crippen LogP contribution in [0.5, 0.6) is 0 Å². The summed E-state index contributed by atoms with van der Waals surface area (Å²) in [7, 11) is 0. The maximum absolute atomic E-state index is 6.49. The predicted octanol–water partition coefficient (Wildman–Crippen LogP) is 3.93. The molecule has 1 aliphatic rings. The first kappa shape index (κ1) is 17.8. The fourth-order valence-corrected chi connectivity index (χ4v) is 4.60. The van der Waals surface area contributed by atoms with Gasteiger partial charge in [-0.3, -0.25) is 4.90 Å². The van der Waals surface area contributed by atoms with Gasteiger partial charge in [0.2, 0.25) is 0 Å². The second-order valence-electron chi connectivity index (χ2n) is 7.21. The predicted molar refractivity (Wildman–Crippen MR) is 115 cm³/mol. The number of aryl methyl sites for hydroxylation is 2. The van der Waals surface area contributed by atoms with E-state index in [-0.39, 0.29) is 0 Å². The standard InChI is InChI=1S/C20H21ClN6S/c1-13-18(21)20-23-19(16-5-3-4-6-17(16)27(20)24-13)26-9-7-25(8-10-26)11-15-12-28-14(2)22-15/h3-6,12H,7-11H2,1-2H3. The summed E-state index contributed by atoms with van der Waals surface area (Å²) in [5.41, 5.74) is 3.74. The molecule has 5 rings (SSSR count). The van der Waals surface area contributed by atoms with Crippen LogP contribution in [-0.4, -0.2) is 50.7 Å². The number of benzene rings is 1. The van der Waals surface area contributed by atoms with E-state index in [1.54, 1.807) is 11.3 Å². The molecule has 0 radical (unpaired) electrons. The highest BCUT2D eigenvalue weighted by Gasteiger charge is 2.23. The van der Waals surface area contributed by atoms with Gasteiger partial charge in [-0.2, -0.15) is 5.10 Å². The lowest BCUT2D eigenvalue weighted by Gasteiger charge is -2.35. The van der Waals surface area contributed by atoms with Crippen LogP contribution in [0.4, 0.5) is 5.82 Å². The van der Waals surface area contributed by atoms with Gasteiger partial charge < -0.3 is 4.90 Å². The van der Waals surface area contributed by atoms with Gasteiger partial charge in [0.05, 0.1) is 21.9 Å². The van der Waals surface area contributed by atoms with Crippen molar-refractivity contribution in [3.63, 3.8) is 0 Å². The zero-order chi connectivity index (χ0) is 19.3. The number of nitrogens with zero attached hydrogens (tertiary/aromatic N) is 6. The number of piperazine rings is 1. The van der Waals surface area contributed by atoms with Crippen molar-refractivity contribution in [2.75, 3.05) is 31.1 Å². The maximum atomic E-state index is 6.49. The Morgan fingerprint density at radius 1 is 1.07 bits per heavy atom. The summed E-state index contributed by atoms with van der Waals surface area (Å²) >= 11 is 8.21. The molecule has 144 valence electrons. The highest BCUT2D eigenvalue weighted by molar-refractivity contribution is 7.09. The van der Waals surface area contributed by atoms with Crippen LogP contribution in [0.2, 0.25) is 5.02 Å². The molecule has 28 heavy (non-hydrogen) atoms. The van der Waals surface area contributed by atoms with E-state index >= 15 is 0 Å². The molecule has 0 unspecified atom stereocenters. The number of halogens is 1. The number of hydrogen-bond donors (Lipinski definition) is 0. The number of rotatable bonds is 3. The minimum Gasteiger partial charge on any atom is -0.353 e. The molecule has 4 aromatic rings. The van der Waals surface area contributed by atoms with Crippen molar-refractivity contribution in [2.45, 2.75) is 20.4 Å². The molecule has 1 saturated heterocycles. The van der Waals surface area contributed by atoms with Gasteiger partial charge >= 0.3 is 0 Å². The Morgan fingerprint density at radius 3 is 2.61 bits per heavy atom. The Kier molecular flexibility index (Phi) is 4.45. The minimum absolute atomic E-state index is 0.629. The topological polar surface area (TPSA) is 49.6 Å². The van der Waals surface area contributed by atoms with Crippen molar-refractivity contribution in [1.29, 1.82) is 0 Å². The summed E-state index contributed by atoms with van der Waals surface area (Å²) in [5, 5.41) is 9.61. The van der Waals surface area contributed by atoms with Gasteiger partial charge in [0.1, 0.15) is 10.8 Å². The van der Waals surface area contributed by atoms with Crippen molar-refractivity contribution in [3.8, 4) is 0 Å². The lowest BCUT2D eigenvalue weighted by molar-refractivity contribution is 0.247. The summed E-state index contributed by atoms with van der Waals surface area (Å²) in [6.07, 6.45) is 0. The van der Waals surface area contributed by atoms with Gasteiger partial charge in [-0.05, 0) is 26.0 Å². The van der Waals surface area contributed by atoms with Crippen LogP contribution in [0.15, 0.2) is 29.6 Å². The average Bonchev–Trinajstić information content (AvgIpc) is 3.25. The van der Waals surface area contributed by atoms with E-state index in [1.165, 1.54) is 5.69 Å². The third-order valence-corrected chi connectivity index (χ3v) is 6.54. The Hall–Kier alpha value is -2.22. The number of anilines is 1. The number of aromatic nitrogens is 4. The highest BCUT2D eigenvalue weighted by atomic mass is 35.5. The number of para-hydroxylation sites is 1. The van der Waals surface area contributed by atoms with Crippen LogP contribution in [-0.2, 0) is 6.54 Å². The van der Waals surface area contributed by atoms with E-state index in [0.717, 1.165) is 65.8 Å². The molecule has 0 spiro atoms. The second-order valence-corrected chi connectivity index (χ2v) is 8.65. The smallest absolute Gasteiger partial charge is 0.176 e. The van der Waals surface area contributed by atoms with Crippen LogP contribution in [0, 0.1) is 13.8 Å². The zero-order valence-corrected chi connectivity index (χ0v) is 17.5. The zero-order valence-electron chi connectivity index (χ0n) is 15.9. The molecule has 1 fully saturated rings. The third kappa shape index (κ3) is 3.03. The SMILES string of the molecule is Cc1nc(CN2CCN(c3nc4c(Cl)c(C)nn4c4ccccc34)CC2)cs1.